The summed E-state index contributed by atoms with van der Waals surface area (Å²) in [7, 11) is -2.43. The van der Waals surface area contributed by atoms with E-state index in [2.05, 4.69) is 5.32 Å². The van der Waals surface area contributed by atoms with Gasteiger partial charge in [0.25, 0.3) is 0 Å². The van der Waals surface area contributed by atoms with Crippen LogP contribution in [0.1, 0.15) is 26.2 Å². The number of carbonyl (C=O) groups excluding carboxylic acids is 2. The molecule has 0 aliphatic carbocycles. The van der Waals surface area contributed by atoms with Gasteiger partial charge in [0.1, 0.15) is 5.54 Å². The molecule has 0 unspecified atom stereocenters. The number of amides is 2. The summed E-state index contributed by atoms with van der Waals surface area (Å²) in [5.41, 5.74) is 4.05. The number of fused-ring (bicyclic) bond motifs is 1. The van der Waals surface area contributed by atoms with Crippen molar-refractivity contribution in [3.05, 3.63) is 42.5 Å². The second kappa shape index (κ2) is 10.1. The predicted octanol–water partition coefficient (Wildman–Crippen LogP) is 1.17. The second-order valence-electron chi connectivity index (χ2n) is 9.91. The fourth-order valence-electron chi connectivity index (χ4n) is 5.20. The molecule has 0 spiro atoms. The fourth-order valence-corrected chi connectivity index (χ4v) is 6.96. The monoisotopic (exact) mass is 514 g/mol. The molecule has 0 saturated carbocycles. The first-order valence-electron chi connectivity index (χ1n) is 12.2. The van der Waals surface area contributed by atoms with Crippen molar-refractivity contribution in [1.29, 1.82) is 5.41 Å². The number of nitrogens with zero attached hydrogens (tertiary/aromatic N) is 3. The zero-order valence-electron chi connectivity index (χ0n) is 20.7. The lowest BCUT2D eigenvalue weighted by atomic mass is 9.92. The van der Waals surface area contributed by atoms with Gasteiger partial charge in [0.05, 0.1) is 11.3 Å². The predicted molar refractivity (Wildman–Crippen MR) is 138 cm³/mol. The van der Waals surface area contributed by atoms with E-state index in [1.165, 1.54) is 16.1 Å². The van der Waals surface area contributed by atoms with Crippen LogP contribution in [0.5, 0.6) is 0 Å². The summed E-state index contributed by atoms with van der Waals surface area (Å²) in [6.07, 6.45) is 1.48. The molecule has 4 N–H and O–H groups in total. The van der Waals surface area contributed by atoms with Crippen LogP contribution in [-0.2, 0) is 19.6 Å². The molecule has 2 amide bonds. The third-order valence-electron chi connectivity index (χ3n) is 7.26. The number of likely N-dealkylation sites (tertiary alicyclic amines) is 1. The van der Waals surface area contributed by atoms with Crippen LogP contribution in [0, 0.1) is 11.3 Å². The number of nitrogens with two attached hydrogens (primary N) is 1. The molecule has 0 aromatic heterocycles. The Morgan fingerprint density at radius 2 is 1.89 bits per heavy atom. The lowest BCUT2D eigenvalue weighted by molar-refractivity contribution is -0.147. The first-order chi connectivity index (χ1) is 17.0. The van der Waals surface area contributed by atoms with Crippen molar-refractivity contribution >= 4 is 38.6 Å². The maximum Gasteiger partial charge on any atom is 0.244 e. The lowest BCUT2D eigenvalue weighted by Gasteiger charge is -2.45. The largest absolute Gasteiger partial charge is 0.370 e. The number of likely N-dealkylation sites (N-methyl/N-ethyl adjacent to an activating group) is 1. The Morgan fingerprint density at radius 3 is 2.61 bits per heavy atom. The molecule has 2 fully saturated rings. The van der Waals surface area contributed by atoms with E-state index in [0.29, 0.717) is 13.1 Å². The van der Waals surface area contributed by atoms with Gasteiger partial charge in [-0.15, -0.1) is 0 Å². The summed E-state index contributed by atoms with van der Waals surface area (Å²) < 4.78 is 28.7. The zero-order valence-corrected chi connectivity index (χ0v) is 21.6. The van der Waals surface area contributed by atoms with Gasteiger partial charge >= 0.3 is 0 Å². The van der Waals surface area contributed by atoms with Gasteiger partial charge in [-0.3, -0.25) is 15.0 Å². The molecule has 194 valence electrons. The molecule has 2 aliphatic rings. The van der Waals surface area contributed by atoms with Gasteiger partial charge in [-0.25, -0.2) is 8.42 Å². The van der Waals surface area contributed by atoms with E-state index in [1.54, 1.807) is 30.1 Å². The molecule has 2 aromatic carbocycles. The highest BCUT2D eigenvalue weighted by molar-refractivity contribution is 7.89. The molecule has 0 bridgehead atoms. The van der Waals surface area contributed by atoms with Crippen LogP contribution in [0.15, 0.2) is 47.4 Å². The van der Waals surface area contributed by atoms with Crippen LogP contribution in [0.25, 0.3) is 10.8 Å². The molecule has 2 aliphatic heterocycles. The Balaban J connectivity index is 1.54. The first kappa shape index (κ1) is 25.9. The molecule has 4 rings (SSSR count). The highest BCUT2D eigenvalue weighted by Gasteiger charge is 2.51. The molecule has 10 nitrogen and oxygen atoms in total. The molecular weight excluding hydrogens is 480 g/mol. The molecule has 2 atom stereocenters. The van der Waals surface area contributed by atoms with Gasteiger partial charge in [0.15, 0.2) is 5.96 Å². The fraction of sp³-hybridized carbons (Fsp3) is 0.480. The van der Waals surface area contributed by atoms with Crippen molar-refractivity contribution < 1.29 is 18.0 Å². The minimum Gasteiger partial charge on any atom is -0.370 e. The van der Waals surface area contributed by atoms with Gasteiger partial charge in [-0.2, -0.15) is 4.31 Å². The first-order valence-corrected chi connectivity index (χ1v) is 13.6. The second-order valence-corrected chi connectivity index (χ2v) is 11.8. The summed E-state index contributed by atoms with van der Waals surface area (Å²) >= 11 is 0. The van der Waals surface area contributed by atoms with Crippen LogP contribution in [-0.4, -0.2) is 85.6 Å². The van der Waals surface area contributed by atoms with Gasteiger partial charge in [0, 0.05) is 39.8 Å². The Morgan fingerprint density at radius 1 is 1.17 bits per heavy atom. The Labute approximate surface area is 212 Å². The molecule has 2 saturated heterocycles. The van der Waals surface area contributed by atoms with Gasteiger partial charge in [-0.05, 0) is 48.6 Å². The Hall–Kier alpha value is -3.18. The van der Waals surface area contributed by atoms with E-state index < -0.39 is 21.5 Å². The average Bonchev–Trinajstić information content (AvgIpc) is 2.86. The van der Waals surface area contributed by atoms with E-state index in [1.807, 2.05) is 24.3 Å². The Kier molecular flexibility index (Phi) is 7.24. The summed E-state index contributed by atoms with van der Waals surface area (Å²) in [5.74, 6) is -0.654. The smallest absolute Gasteiger partial charge is 0.244 e. The van der Waals surface area contributed by atoms with Crippen molar-refractivity contribution in [1.82, 2.24) is 19.4 Å². The number of piperazine rings is 1. The third kappa shape index (κ3) is 5.03. The lowest BCUT2D eigenvalue weighted by Crippen LogP contribution is -2.66. The van der Waals surface area contributed by atoms with E-state index in [-0.39, 0.29) is 42.2 Å². The van der Waals surface area contributed by atoms with Crippen LogP contribution in [0.4, 0.5) is 0 Å². The molecule has 2 aromatic rings. The molecule has 11 heteroatoms. The average molecular weight is 515 g/mol. The summed E-state index contributed by atoms with van der Waals surface area (Å²) in [6.45, 7) is 3.54. The molecule has 36 heavy (non-hydrogen) atoms. The molecule has 2 heterocycles. The SMILES string of the molecule is CN1CCN(S(=O)(=O)c2ccc3ccccc3c2)[C@@](C)(CC(=O)NC[C@@H]2CCCN(C(=N)N)C2)C1=O. The van der Waals surface area contributed by atoms with Gasteiger partial charge in [0.2, 0.25) is 21.8 Å². The number of hydrogen-bond acceptors (Lipinski definition) is 5. The van der Waals surface area contributed by atoms with Crippen molar-refractivity contribution in [2.45, 2.75) is 36.6 Å². The number of carbonyl (C=O) groups is 2. The normalized spacial score (nSPS) is 23.6. The maximum absolute atomic E-state index is 13.8. The third-order valence-corrected chi connectivity index (χ3v) is 9.27. The summed E-state index contributed by atoms with van der Waals surface area (Å²) in [4.78, 5) is 29.7. The Bertz CT molecular complexity index is 1280. The van der Waals surface area contributed by atoms with E-state index in [9.17, 15) is 18.0 Å². The highest BCUT2D eigenvalue weighted by Crippen LogP contribution is 2.33. The van der Waals surface area contributed by atoms with Crippen molar-refractivity contribution in [3.63, 3.8) is 0 Å². The number of piperidine rings is 1. The highest BCUT2D eigenvalue weighted by atomic mass is 32.2. The van der Waals surface area contributed by atoms with E-state index >= 15 is 0 Å². The number of benzene rings is 2. The number of guanidine groups is 1. The number of hydrogen-bond donors (Lipinski definition) is 3. The quantitative estimate of drug-likeness (QED) is 0.391. The minimum absolute atomic E-state index is 0.0175. The van der Waals surface area contributed by atoms with Gasteiger partial charge < -0.3 is 20.9 Å². The zero-order chi connectivity index (χ0) is 26.1. The van der Waals surface area contributed by atoms with E-state index in [0.717, 1.165) is 30.2 Å². The topological polar surface area (TPSA) is 140 Å². The van der Waals surface area contributed by atoms with Crippen molar-refractivity contribution in [2.24, 2.45) is 11.7 Å². The number of sulfonamides is 1. The summed E-state index contributed by atoms with van der Waals surface area (Å²) in [6, 6.07) is 12.4. The van der Waals surface area contributed by atoms with Crippen LogP contribution < -0.4 is 11.1 Å². The van der Waals surface area contributed by atoms with Crippen LogP contribution in [0.3, 0.4) is 0 Å². The minimum atomic E-state index is -4.05. The molecule has 0 radical (unpaired) electrons. The van der Waals surface area contributed by atoms with Gasteiger partial charge in [-0.1, -0.05) is 30.3 Å². The van der Waals surface area contributed by atoms with E-state index in [4.69, 9.17) is 11.1 Å². The molecular formula is C25H34N6O4S. The standard InChI is InChI=1S/C25H34N6O4S/c1-25(15-22(32)28-16-18-6-5-11-30(17-18)24(26)27)23(33)29(2)12-13-31(25)36(34,35)21-10-9-19-7-3-4-8-20(19)14-21/h3-4,7-10,14,18H,5-6,11-13,15-17H2,1-2H3,(H3,26,27)(H,28,32)/t18-,25-/m0/s1. The van der Waals surface area contributed by atoms with Crippen LogP contribution >= 0.6 is 0 Å². The number of rotatable bonds is 6. The maximum atomic E-state index is 13.8. The number of nitrogens with one attached hydrogen (secondary N) is 2. The van der Waals surface area contributed by atoms with Crippen LogP contribution in [0.2, 0.25) is 0 Å². The summed E-state index contributed by atoms with van der Waals surface area (Å²) in [5, 5.41) is 12.2. The van der Waals surface area contributed by atoms with Crippen molar-refractivity contribution in [2.75, 3.05) is 39.8 Å². The van der Waals surface area contributed by atoms with Crippen molar-refractivity contribution in [3.8, 4) is 0 Å².